The Balaban J connectivity index is 0.00000208. The Kier molecular flexibility index (Phi) is 6.26. The fraction of sp³-hybridized carbons (Fsp3) is 0.529. The van der Waals surface area contributed by atoms with Gasteiger partial charge in [-0.25, -0.2) is 4.68 Å². The zero-order chi connectivity index (χ0) is 16.4. The minimum absolute atomic E-state index is 0. The largest absolute Gasteiger partial charge is 0.314 e. The summed E-state index contributed by atoms with van der Waals surface area (Å²) in [6, 6.07) is 8.43. The average molecular weight is 370 g/mol. The molecule has 0 bridgehead atoms. The number of rotatable bonds is 3. The number of halogens is 2. The van der Waals surface area contributed by atoms with Crippen molar-refractivity contribution < 1.29 is 0 Å². The van der Waals surface area contributed by atoms with Crippen molar-refractivity contribution in [3.63, 3.8) is 0 Å². The molecule has 1 fully saturated rings. The van der Waals surface area contributed by atoms with Gasteiger partial charge in [-0.05, 0) is 38.5 Å². The predicted molar refractivity (Wildman–Crippen MR) is 99.7 cm³/mol. The second kappa shape index (κ2) is 7.83. The fourth-order valence-electron chi connectivity index (χ4n) is 2.88. The maximum atomic E-state index is 6.16. The molecule has 7 heteroatoms. The maximum absolute atomic E-state index is 6.16. The minimum atomic E-state index is -0.0406. The molecule has 0 spiro atoms. The van der Waals surface area contributed by atoms with E-state index in [2.05, 4.69) is 59.6 Å². The molecule has 2 aromatic rings. The third kappa shape index (κ3) is 4.48. The summed E-state index contributed by atoms with van der Waals surface area (Å²) in [5.41, 5.74) is 2.21. The molecule has 1 aromatic heterocycles. The van der Waals surface area contributed by atoms with Gasteiger partial charge in [0, 0.05) is 37.2 Å². The first kappa shape index (κ1) is 19.2. The summed E-state index contributed by atoms with van der Waals surface area (Å²) in [6.45, 7) is 10.1. The van der Waals surface area contributed by atoms with E-state index in [1.165, 1.54) is 5.56 Å². The minimum Gasteiger partial charge on any atom is -0.314 e. The van der Waals surface area contributed by atoms with E-state index >= 15 is 0 Å². The Labute approximate surface area is 154 Å². The molecule has 1 aliphatic rings. The van der Waals surface area contributed by atoms with Gasteiger partial charge >= 0.3 is 0 Å². The van der Waals surface area contributed by atoms with Crippen LogP contribution >= 0.6 is 24.0 Å². The molecule has 24 heavy (non-hydrogen) atoms. The summed E-state index contributed by atoms with van der Waals surface area (Å²) >= 11 is 6.16. The van der Waals surface area contributed by atoms with Gasteiger partial charge in [-0.15, -0.1) is 17.5 Å². The van der Waals surface area contributed by atoms with Gasteiger partial charge in [0.25, 0.3) is 0 Å². The molecule has 5 nitrogen and oxygen atoms in total. The van der Waals surface area contributed by atoms with Gasteiger partial charge in [0.05, 0.1) is 17.4 Å². The molecule has 1 N–H and O–H groups in total. The number of benzene rings is 1. The first-order valence-electron chi connectivity index (χ1n) is 8.05. The zero-order valence-corrected chi connectivity index (χ0v) is 15.9. The van der Waals surface area contributed by atoms with Crippen molar-refractivity contribution >= 4 is 24.0 Å². The van der Waals surface area contributed by atoms with Crippen LogP contribution in [0.4, 0.5) is 0 Å². The lowest BCUT2D eigenvalue weighted by molar-refractivity contribution is 0.152. The Morgan fingerprint density at radius 3 is 2.79 bits per heavy atom. The zero-order valence-electron chi connectivity index (χ0n) is 14.4. The second-order valence-electron chi connectivity index (χ2n) is 7.07. The van der Waals surface area contributed by atoms with E-state index in [1.807, 2.05) is 16.8 Å². The highest BCUT2D eigenvalue weighted by Gasteiger charge is 2.25. The topological polar surface area (TPSA) is 46.0 Å². The molecule has 132 valence electrons. The van der Waals surface area contributed by atoms with Crippen LogP contribution in [0.3, 0.4) is 0 Å². The number of nitrogens with zero attached hydrogens (tertiary/aromatic N) is 4. The van der Waals surface area contributed by atoms with Crippen LogP contribution in [0.2, 0.25) is 5.02 Å². The number of piperazine rings is 1. The molecule has 0 amide bonds. The van der Waals surface area contributed by atoms with Crippen LogP contribution in [0.15, 0.2) is 30.5 Å². The molecule has 0 aliphatic carbocycles. The predicted octanol–water partition coefficient (Wildman–Crippen LogP) is 3.25. The molecule has 1 unspecified atom stereocenters. The summed E-state index contributed by atoms with van der Waals surface area (Å²) in [6.07, 6.45) is 2.05. The molecule has 3 rings (SSSR count). The molecule has 1 aromatic carbocycles. The van der Waals surface area contributed by atoms with Crippen molar-refractivity contribution in [3.05, 3.63) is 46.7 Å². The van der Waals surface area contributed by atoms with E-state index in [-0.39, 0.29) is 17.9 Å². The molecule has 1 aliphatic heterocycles. The number of hydrogen-bond acceptors (Lipinski definition) is 4. The molecular formula is C17H25Cl2N5. The third-order valence-electron chi connectivity index (χ3n) is 4.18. The first-order chi connectivity index (χ1) is 10.9. The molecule has 1 atom stereocenters. The van der Waals surface area contributed by atoms with E-state index in [1.54, 1.807) is 0 Å². The Morgan fingerprint density at radius 2 is 2.12 bits per heavy atom. The fourth-order valence-corrected chi connectivity index (χ4v) is 3.08. The van der Waals surface area contributed by atoms with Crippen molar-refractivity contribution in [2.75, 3.05) is 19.6 Å². The van der Waals surface area contributed by atoms with Gasteiger partial charge < -0.3 is 5.32 Å². The average Bonchev–Trinajstić information content (AvgIpc) is 2.96. The normalized spacial score (nSPS) is 19.1. The van der Waals surface area contributed by atoms with Crippen LogP contribution in [0.1, 0.15) is 38.1 Å². The number of nitrogens with one attached hydrogen (secondary N) is 1. The van der Waals surface area contributed by atoms with Gasteiger partial charge in [-0.2, -0.15) is 0 Å². The van der Waals surface area contributed by atoms with Crippen molar-refractivity contribution in [3.8, 4) is 0 Å². The van der Waals surface area contributed by atoms with Gasteiger partial charge in [0.15, 0.2) is 0 Å². The summed E-state index contributed by atoms with van der Waals surface area (Å²) in [7, 11) is 0. The molecular weight excluding hydrogens is 345 g/mol. The summed E-state index contributed by atoms with van der Waals surface area (Å²) in [4.78, 5) is 2.44. The molecule has 0 radical (unpaired) electrons. The summed E-state index contributed by atoms with van der Waals surface area (Å²) in [5.74, 6) is 0. The lowest BCUT2D eigenvalue weighted by Gasteiger charge is -2.36. The maximum Gasteiger partial charge on any atom is 0.0967 e. The highest BCUT2D eigenvalue weighted by Crippen LogP contribution is 2.26. The van der Waals surface area contributed by atoms with Crippen LogP contribution in [0.5, 0.6) is 0 Å². The van der Waals surface area contributed by atoms with Crippen molar-refractivity contribution in [2.45, 2.75) is 38.9 Å². The van der Waals surface area contributed by atoms with Gasteiger partial charge in [-0.1, -0.05) is 28.9 Å². The van der Waals surface area contributed by atoms with E-state index < -0.39 is 0 Å². The van der Waals surface area contributed by atoms with Crippen LogP contribution < -0.4 is 5.32 Å². The van der Waals surface area contributed by atoms with Crippen molar-refractivity contribution in [1.29, 1.82) is 0 Å². The van der Waals surface area contributed by atoms with Crippen molar-refractivity contribution in [2.24, 2.45) is 0 Å². The van der Waals surface area contributed by atoms with Crippen LogP contribution in [0.25, 0.3) is 0 Å². The Bertz CT molecular complexity index is 665. The number of aromatic nitrogens is 3. The quantitative estimate of drug-likeness (QED) is 0.901. The van der Waals surface area contributed by atoms with Gasteiger partial charge in [0.1, 0.15) is 0 Å². The summed E-state index contributed by atoms with van der Waals surface area (Å²) < 4.78 is 1.93. The van der Waals surface area contributed by atoms with E-state index in [4.69, 9.17) is 11.6 Å². The van der Waals surface area contributed by atoms with Gasteiger partial charge in [-0.3, -0.25) is 4.90 Å². The van der Waals surface area contributed by atoms with E-state index in [9.17, 15) is 0 Å². The SMILES string of the molecule is CC(C)(C)n1cc(CN2CCNCC2c2cccc(Cl)c2)nn1.Cl. The summed E-state index contributed by atoms with van der Waals surface area (Å²) in [5, 5.41) is 12.9. The standard InChI is InChI=1S/C17H24ClN5.ClH/c1-17(2,3)23-12-15(20-21-23)11-22-8-7-19-10-16(22)13-5-4-6-14(18)9-13;/h4-6,9,12,16,19H,7-8,10-11H2,1-3H3;1H. The first-order valence-corrected chi connectivity index (χ1v) is 8.43. The number of hydrogen-bond donors (Lipinski definition) is 1. The second-order valence-corrected chi connectivity index (χ2v) is 7.51. The lowest BCUT2D eigenvalue weighted by Crippen LogP contribution is -2.45. The highest BCUT2D eigenvalue weighted by atomic mass is 35.5. The molecule has 1 saturated heterocycles. The van der Waals surface area contributed by atoms with Gasteiger partial charge in [0.2, 0.25) is 0 Å². The van der Waals surface area contributed by atoms with Crippen LogP contribution in [0, 0.1) is 0 Å². The smallest absolute Gasteiger partial charge is 0.0967 e. The monoisotopic (exact) mass is 369 g/mol. The van der Waals surface area contributed by atoms with E-state index in [0.717, 1.165) is 36.9 Å². The van der Waals surface area contributed by atoms with Crippen LogP contribution in [-0.2, 0) is 12.1 Å². The molecule has 2 heterocycles. The highest BCUT2D eigenvalue weighted by molar-refractivity contribution is 6.30. The lowest BCUT2D eigenvalue weighted by atomic mass is 10.0. The van der Waals surface area contributed by atoms with E-state index in [0.29, 0.717) is 6.04 Å². The Morgan fingerprint density at radius 1 is 1.33 bits per heavy atom. The Hall–Kier alpha value is -1.14. The van der Waals surface area contributed by atoms with Crippen LogP contribution in [-0.4, -0.2) is 39.5 Å². The van der Waals surface area contributed by atoms with Crippen molar-refractivity contribution in [1.82, 2.24) is 25.2 Å². The third-order valence-corrected chi connectivity index (χ3v) is 4.42. The molecule has 0 saturated carbocycles.